The molecular formula is C14H29NO. The normalized spacial score (nSPS) is 29.1. The summed E-state index contributed by atoms with van der Waals surface area (Å²) in [6.07, 6.45) is 6.25. The maximum absolute atomic E-state index is 9.18. The van der Waals surface area contributed by atoms with E-state index < -0.39 is 0 Å². The van der Waals surface area contributed by atoms with Gasteiger partial charge >= 0.3 is 0 Å². The van der Waals surface area contributed by atoms with Gasteiger partial charge in [0.2, 0.25) is 0 Å². The Morgan fingerprint density at radius 3 is 2.12 bits per heavy atom. The Balaban J connectivity index is 2.32. The van der Waals surface area contributed by atoms with Crippen LogP contribution in [0.4, 0.5) is 0 Å². The lowest BCUT2D eigenvalue weighted by atomic mass is 9.71. The van der Waals surface area contributed by atoms with E-state index in [0.29, 0.717) is 17.5 Å². The summed E-state index contributed by atoms with van der Waals surface area (Å²) in [5, 5.41) is 12.8. The summed E-state index contributed by atoms with van der Waals surface area (Å²) >= 11 is 0. The molecule has 1 saturated carbocycles. The summed E-state index contributed by atoms with van der Waals surface area (Å²) in [7, 11) is 0. The zero-order chi connectivity index (χ0) is 12.2. The average Bonchev–Trinajstić information content (AvgIpc) is 2.25. The smallest absolute Gasteiger partial charge is 0.0584 e. The Morgan fingerprint density at radius 1 is 1.19 bits per heavy atom. The van der Waals surface area contributed by atoms with Crippen molar-refractivity contribution in [3.05, 3.63) is 0 Å². The monoisotopic (exact) mass is 227 g/mol. The molecule has 0 aromatic carbocycles. The molecule has 96 valence electrons. The van der Waals surface area contributed by atoms with Crippen molar-refractivity contribution in [2.45, 2.75) is 71.9 Å². The van der Waals surface area contributed by atoms with Crippen LogP contribution in [0, 0.1) is 11.3 Å². The van der Waals surface area contributed by atoms with Crippen molar-refractivity contribution in [2.75, 3.05) is 6.61 Å². The highest BCUT2D eigenvalue weighted by molar-refractivity contribution is 4.84. The number of hydrogen-bond acceptors (Lipinski definition) is 2. The van der Waals surface area contributed by atoms with Gasteiger partial charge in [0.1, 0.15) is 0 Å². The molecule has 2 N–H and O–H groups in total. The van der Waals surface area contributed by atoms with Gasteiger partial charge in [-0.25, -0.2) is 0 Å². The standard InChI is InChI=1S/C14H29NO/c1-5-12(10-16)15-13-8-6-11(7-9-13)14(2,3)4/h11-13,15-16H,5-10H2,1-4H3. The van der Waals surface area contributed by atoms with Crippen LogP contribution >= 0.6 is 0 Å². The van der Waals surface area contributed by atoms with Crippen molar-refractivity contribution in [3.8, 4) is 0 Å². The highest BCUT2D eigenvalue weighted by Crippen LogP contribution is 2.37. The van der Waals surface area contributed by atoms with Crippen LogP contribution in [-0.4, -0.2) is 23.8 Å². The summed E-state index contributed by atoms with van der Waals surface area (Å²) < 4.78 is 0. The second-order valence-corrected chi connectivity index (χ2v) is 6.37. The number of rotatable bonds is 4. The molecule has 1 rings (SSSR count). The van der Waals surface area contributed by atoms with Crippen LogP contribution in [0.2, 0.25) is 0 Å². The quantitative estimate of drug-likeness (QED) is 0.774. The van der Waals surface area contributed by atoms with Crippen LogP contribution < -0.4 is 5.32 Å². The molecule has 0 aliphatic heterocycles. The largest absolute Gasteiger partial charge is 0.395 e. The summed E-state index contributed by atoms with van der Waals surface area (Å²) in [5.74, 6) is 0.875. The van der Waals surface area contributed by atoms with Crippen LogP contribution in [0.15, 0.2) is 0 Å². The van der Waals surface area contributed by atoms with Gasteiger partial charge in [0.05, 0.1) is 6.61 Å². The van der Waals surface area contributed by atoms with Gasteiger partial charge in [0.25, 0.3) is 0 Å². The van der Waals surface area contributed by atoms with Gasteiger partial charge in [-0.3, -0.25) is 0 Å². The topological polar surface area (TPSA) is 32.3 Å². The third-order valence-electron chi connectivity index (χ3n) is 4.14. The second-order valence-electron chi connectivity index (χ2n) is 6.37. The van der Waals surface area contributed by atoms with Gasteiger partial charge in [0, 0.05) is 12.1 Å². The number of nitrogens with one attached hydrogen (secondary N) is 1. The predicted octanol–water partition coefficient (Wildman–Crippen LogP) is 2.95. The first kappa shape index (κ1) is 14.0. The number of aliphatic hydroxyl groups excluding tert-OH is 1. The molecule has 0 aromatic rings. The lowest BCUT2D eigenvalue weighted by molar-refractivity contribution is 0.146. The van der Waals surface area contributed by atoms with Crippen LogP contribution in [0.25, 0.3) is 0 Å². The Hall–Kier alpha value is -0.0800. The van der Waals surface area contributed by atoms with Crippen LogP contribution in [-0.2, 0) is 0 Å². The summed E-state index contributed by atoms with van der Waals surface area (Å²) in [4.78, 5) is 0. The van der Waals surface area contributed by atoms with Gasteiger partial charge in [-0.05, 0) is 43.4 Å². The molecule has 0 spiro atoms. The zero-order valence-electron chi connectivity index (χ0n) is 11.4. The molecule has 1 unspecified atom stereocenters. The fourth-order valence-corrected chi connectivity index (χ4v) is 2.76. The third-order valence-corrected chi connectivity index (χ3v) is 4.14. The van der Waals surface area contributed by atoms with E-state index in [1.165, 1.54) is 25.7 Å². The Bertz CT molecular complexity index is 185. The second kappa shape index (κ2) is 6.02. The molecule has 2 nitrogen and oxygen atoms in total. The van der Waals surface area contributed by atoms with Crippen LogP contribution in [0.1, 0.15) is 59.8 Å². The van der Waals surface area contributed by atoms with E-state index in [1.54, 1.807) is 0 Å². The Morgan fingerprint density at radius 2 is 1.75 bits per heavy atom. The lowest BCUT2D eigenvalue weighted by Crippen LogP contribution is -2.43. The van der Waals surface area contributed by atoms with Crippen molar-refractivity contribution in [1.29, 1.82) is 0 Å². The van der Waals surface area contributed by atoms with Crippen molar-refractivity contribution in [3.63, 3.8) is 0 Å². The minimum absolute atomic E-state index is 0.274. The molecule has 0 radical (unpaired) electrons. The van der Waals surface area contributed by atoms with E-state index in [1.807, 2.05) is 0 Å². The van der Waals surface area contributed by atoms with Crippen molar-refractivity contribution in [2.24, 2.45) is 11.3 Å². The molecule has 0 bridgehead atoms. The molecule has 1 aliphatic rings. The van der Waals surface area contributed by atoms with E-state index in [9.17, 15) is 5.11 Å². The fourth-order valence-electron chi connectivity index (χ4n) is 2.76. The molecule has 16 heavy (non-hydrogen) atoms. The van der Waals surface area contributed by atoms with Gasteiger partial charge < -0.3 is 10.4 Å². The van der Waals surface area contributed by atoms with E-state index in [0.717, 1.165) is 12.3 Å². The SMILES string of the molecule is CCC(CO)NC1CCC(C(C)(C)C)CC1. The van der Waals surface area contributed by atoms with E-state index in [2.05, 4.69) is 33.0 Å². The van der Waals surface area contributed by atoms with E-state index in [4.69, 9.17) is 0 Å². The molecule has 0 amide bonds. The molecule has 0 aromatic heterocycles. The van der Waals surface area contributed by atoms with Crippen molar-refractivity contribution < 1.29 is 5.11 Å². The molecule has 0 heterocycles. The maximum Gasteiger partial charge on any atom is 0.0584 e. The van der Waals surface area contributed by atoms with Gasteiger partial charge in [-0.2, -0.15) is 0 Å². The highest BCUT2D eigenvalue weighted by Gasteiger charge is 2.29. The molecule has 1 atom stereocenters. The zero-order valence-corrected chi connectivity index (χ0v) is 11.4. The van der Waals surface area contributed by atoms with Crippen molar-refractivity contribution >= 4 is 0 Å². The first-order valence-corrected chi connectivity index (χ1v) is 6.84. The van der Waals surface area contributed by atoms with Gasteiger partial charge in [0.15, 0.2) is 0 Å². The van der Waals surface area contributed by atoms with Crippen LogP contribution in [0.3, 0.4) is 0 Å². The predicted molar refractivity (Wildman–Crippen MR) is 69.5 cm³/mol. The molecule has 2 heteroatoms. The molecular weight excluding hydrogens is 198 g/mol. The van der Waals surface area contributed by atoms with Gasteiger partial charge in [-0.1, -0.05) is 27.7 Å². The van der Waals surface area contributed by atoms with E-state index >= 15 is 0 Å². The third kappa shape index (κ3) is 4.06. The molecule has 1 aliphatic carbocycles. The first-order chi connectivity index (χ1) is 7.47. The summed E-state index contributed by atoms with van der Waals surface area (Å²) in [6, 6.07) is 0.937. The first-order valence-electron chi connectivity index (χ1n) is 6.84. The van der Waals surface area contributed by atoms with Crippen molar-refractivity contribution in [1.82, 2.24) is 5.32 Å². The Labute approximate surface area is 101 Å². The lowest BCUT2D eigenvalue weighted by Gasteiger charge is -2.38. The minimum Gasteiger partial charge on any atom is -0.395 e. The minimum atomic E-state index is 0.274. The highest BCUT2D eigenvalue weighted by atomic mass is 16.3. The van der Waals surface area contributed by atoms with Crippen LogP contribution in [0.5, 0.6) is 0 Å². The summed E-state index contributed by atoms with van der Waals surface area (Å²) in [6.45, 7) is 9.47. The summed E-state index contributed by atoms with van der Waals surface area (Å²) in [5.41, 5.74) is 0.464. The molecule has 0 saturated heterocycles. The Kier molecular flexibility index (Phi) is 5.26. The fraction of sp³-hybridized carbons (Fsp3) is 1.00. The average molecular weight is 227 g/mol. The maximum atomic E-state index is 9.18. The van der Waals surface area contributed by atoms with E-state index in [-0.39, 0.29) is 6.61 Å². The number of aliphatic hydroxyl groups is 1. The number of hydrogen-bond donors (Lipinski definition) is 2. The van der Waals surface area contributed by atoms with Gasteiger partial charge in [-0.15, -0.1) is 0 Å². The molecule has 1 fully saturated rings.